The highest BCUT2D eigenvalue weighted by molar-refractivity contribution is 7.99. The predicted octanol–water partition coefficient (Wildman–Crippen LogP) is 4.83. The lowest BCUT2D eigenvalue weighted by Gasteiger charge is -2.29. The van der Waals surface area contributed by atoms with Crippen LogP contribution in [-0.2, 0) is 4.79 Å². The molecular weight excluding hydrogens is 381 g/mol. The van der Waals surface area contributed by atoms with Gasteiger partial charge in [-0.2, -0.15) is 0 Å². The van der Waals surface area contributed by atoms with E-state index in [0.29, 0.717) is 32.6 Å². The van der Waals surface area contributed by atoms with Crippen LogP contribution in [0.4, 0.5) is 0 Å². The molecule has 1 N–H and O–H groups in total. The minimum atomic E-state index is -0.00646. The Morgan fingerprint density at radius 1 is 1.32 bits per heavy atom. The molecule has 1 aromatic carbocycles. The number of carbonyl (C=O) groups excluding carboxylic acids is 1. The number of hydrogen-bond donors (Lipinski definition) is 1. The third-order valence-electron chi connectivity index (χ3n) is 4.35. The molecule has 0 unspecified atom stereocenters. The smallest absolute Gasteiger partial charge is 0.277 e. The highest BCUT2D eigenvalue weighted by atomic mass is 35.5. The minimum absolute atomic E-state index is 0.00646. The Morgan fingerprint density at radius 3 is 2.88 bits per heavy atom. The number of aromatic nitrogens is 2. The summed E-state index contributed by atoms with van der Waals surface area (Å²) in [6, 6.07) is 5.32. The van der Waals surface area contributed by atoms with Crippen LogP contribution in [0.15, 0.2) is 27.8 Å². The number of amides is 1. The Kier molecular flexibility index (Phi) is 6.25. The number of carbonyl (C=O) groups is 1. The average Bonchev–Trinajstić information content (AvgIpc) is 3.04. The van der Waals surface area contributed by atoms with Crippen molar-refractivity contribution in [2.45, 2.75) is 43.9 Å². The van der Waals surface area contributed by atoms with Gasteiger partial charge in [0, 0.05) is 11.1 Å². The lowest BCUT2D eigenvalue weighted by atomic mass is 9.86. The number of nitrogens with one attached hydrogen (secondary N) is 1. The summed E-state index contributed by atoms with van der Waals surface area (Å²) in [7, 11) is 0. The molecule has 1 fully saturated rings. The molecule has 0 spiro atoms. The molecular formula is C17H19Cl2N3O2S. The van der Waals surface area contributed by atoms with Crippen LogP contribution in [0.3, 0.4) is 0 Å². The van der Waals surface area contributed by atoms with E-state index < -0.39 is 0 Å². The maximum atomic E-state index is 12.1. The van der Waals surface area contributed by atoms with Gasteiger partial charge < -0.3 is 9.73 Å². The van der Waals surface area contributed by atoms with Crippen LogP contribution in [-0.4, -0.2) is 27.9 Å². The van der Waals surface area contributed by atoms with Crippen molar-refractivity contribution < 1.29 is 9.21 Å². The first kappa shape index (κ1) is 18.5. The molecule has 1 aliphatic rings. The van der Waals surface area contributed by atoms with Crippen molar-refractivity contribution in [3.8, 4) is 11.5 Å². The Hall–Kier alpha value is -1.24. The largest absolute Gasteiger partial charge is 0.411 e. The van der Waals surface area contributed by atoms with Gasteiger partial charge in [-0.3, -0.25) is 4.79 Å². The van der Waals surface area contributed by atoms with Crippen LogP contribution >= 0.6 is 35.0 Å². The number of halogens is 2. The summed E-state index contributed by atoms with van der Waals surface area (Å²) in [4.78, 5) is 12.1. The summed E-state index contributed by atoms with van der Waals surface area (Å²) in [5, 5.41) is 12.4. The lowest BCUT2D eigenvalue weighted by molar-refractivity contribution is -0.119. The molecule has 8 heteroatoms. The van der Waals surface area contributed by atoms with E-state index in [1.54, 1.807) is 18.2 Å². The minimum Gasteiger partial charge on any atom is -0.411 e. The Balaban J connectivity index is 1.55. The molecule has 2 atom stereocenters. The first-order chi connectivity index (χ1) is 12.0. The zero-order valence-electron chi connectivity index (χ0n) is 13.8. The van der Waals surface area contributed by atoms with E-state index in [1.807, 2.05) is 0 Å². The fraction of sp³-hybridized carbons (Fsp3) is 0.471. The van der Waals surface area contributed by atoms with E-state index in [9.17, 15) is 4.79 Å². The summed E-state index contributed by atoms with van der Waals surface area (Å²) in [5.41, 5.74) is 0.617. The summed E-state index contributed by atoms with van der Waals surface area (Å²) >= 11 is 13.2. The summed E-state index contributed by atoms with van der Waals surface area (Å²) in [6.45, 7) is 2.19. The van der Waals surface area contributed by atoms with Crippen molar-refractivity contribution in [2.75, 3.05) is 5.75 Å². The van der Waals surface area contributed by atoms with Crippen LogP contribution in [0.5, 0.6) is 0 Å². The van der Waals surface area contributed by atoms with Crippen LogP contribution in [0.2, 0.25) is 10.0 Å². The molecule has 5 nitrogen and oxygen atoms in total. The second-order valence-electron chi connectivity index (χ2n) is 6.22. The van der Waals surface area contributed by atoms with Crippen molar-refractivity contribution in [2.24, 2.45) is 5.92 Å². The summed E-state index contributed by atoms with van der Waals surface area (Å²) in [6.07, 6.45) is 4.65. The molecule has 134 valence electrons. The number of nitrogens with zero attached hydrogens (tertiary/aromatic N) is 2. The number of benzene rings is 1. The maximum absolute atomic E-state index is 12.1. The maximum Gasteiger partial charge on any atom is 0.277 e. The highest BCUT2D eigenvalue weighted by Crippen LogP contribution is 2.31. The monoisotopic (exact) mass is 399 g/mol. The van der Waals surface area contributed by atoms with E-state index in [-0.39, 0.29) is 17.7 Å². The number of hydrogen-bond acceptors (Lipinski definition) is 5. The molecule has 0 radical (unpaired) electrons. The zero-order valence-corrected chi connectivity index (χ0v) is 16.1. The van der Waals surface area contributed by atoms with Crippen molar-refractivity contribution in [3.63, 3.8) is 0 Å². The van der Waals surface area contributed by atoms with Crippen LogP contribution in [0, 0.1) is 5.92 Å². The van der Waals surface area contributed by atoms with Gasteiger partial charge in [0.1, 0.15) is 0 Å². The molecule has 1 heterocycles. The molecule has 0 saturated heterocycles. The van der Waals surface area contributed by atoms with Crippen molar-refractivity contribution in [3.05, 3.63) is 28.2 Å². The zero-order chi connectivity index (χ0) is 17.8. The van der Waals surface area contributed by atoms with E-state index in [1.165, 1.54) is 31.0 Å². The van der Waals surface area contributed by atoms with Gasteiger partial charge in [0.15, 0.2) is 0 Å². The Bertz CT molecular complexity index is 753. The standard InChI is InChI=1S/C17H19Cl2N3O2S/c1-10-4-2-3-5-14(10)20-15(23)9-25-17-22-21-16(24-17)12-7-6-11(18)8-13(12)19/h6-8,10,14H,2-5,9H2,1H3,(H,20,23)/t10-,14+/m0/s1. The highest BCUT2D eigenvalue weighted by Gasteiger charge is 2.23. The van der Waals surface area contributed by atoms with E-state index in [2.05, 4.69) is 22.4 Å². The van der Waals surface area contributed by atoms with Gasteiger partial charge in [0.2, 0.25) is 11.8 Å². The number of thioether (sulfide) groups is 1. The summed E-state index contributed by atoms with van der Waals surface area (Å²) < 4.78 is 5.59. The quantitative estimate of drug-likeness (QED) is 0.728. The van der Waals surface area contributed by atoms with Crippen LogP contribution in [0.25, 0.3) is 11.5 Å². The Labute approximate surface area is 160 Å². The van der Waals surface area contributed by atoms with Gasteiger partial charge in [-0.05, 0) is 37.0 Å². The lowest BCUT2D eigenvalue weighted by Crippen LogP contribution is -2.41. The fourth-order valence-corrected chi connectivity index (χ4v) is 4.01. The number of rotatable bonds is 5. The van der Waals surface area contributed by atoms with E-state index >= 15 is 0 Å². The third-order valence-corrected chi connectivity index (χ3v) is 5.72. The van der Waals surface area contributed by atoms with Gasteiger partial charge in [0.05, 0.1) is 16.3 Å². The molecule has 1 aliphatic carbocycles. The van der Waals surface area contributed by atoms with E-state index in [0.717, 1.165) is 6.42 Å². The Morgan fingerprint density at radius 2 is 2.12 bits per heavy atom. The molecule has 1 saturated carbocycles. The molecule has 25 heavy (non-hydrogen) atoms. The molecule has 1 amide bonds. The van der Waals surface area contributed by atoms with Crippen molar-refractivity contribution in [1.29, 1.82) is 0 Å². The normalized spacial score (nSPS) is 20.4. The molecule has 0 aliphatic heterocycles. The second kappa shape index (κ2) is 8.43. The predicted molar refractivity (Wildman–Crippen MR) is 100 cm³/mol. The molecule has 1 aromatic heterocycles. The topological polar surface area (TPSA) is 68.0 Å². The molecule has 3 rings (SSSR count). The van der Waals surface area contributed by atoms with Gasteiger partial charge in [-0.1, -0.05) is 54.7 Å². The third kappa shape index (κ3) is 4.90. The van der Waals surface area contributed by atoms with Crippen LogP contribution < -0.4 is 5.32 Å². The second-order valence-corrected chi connectivity index (χ2v) is 7.99. The first-order valence-corrected chi connectivity index (χ1v) is 9.98. The van der Waals surface area contributed by atoms with Crippen LogP contribution in [0.1, 0.15) is 32.6 Å². The van der Waals surface area contributed by atoms with Gasteiger partial charge in [-0.25, -0.2) is 0 Å². The van der Waals surface area contributed by atoms with Crippen molar-refractivity contribution in [1.82, 2.24) is 15.5 Å². The van der Waals surface area contributed by atoms with Gasteiger partial charge in [-0.15, -0.1) is 10.2 Å². The average molecular weight is 400 g/mol. The SMILES string of the molecule is C[C@H]1CCCC[C@H]1NC(=O)CSc1nnc(-c2ccc(Cl)cc2Cl)o1. The molecule has 2 aromatic rings. The van der Waals surface area contributed by atoms with Gasteiger partial charge >= 0.3 is 0 Å². The first-order valence-electron chi connectivity index (χ1n) is 8.24. The van der Waals surface area contributed by atoms with Gasteiger partial charge in [0.25, 0.3) is 5.22 Å². The molecule has 0 bridgehead atoms. The van der Waals surface area contributed by atoms with E-state index in [4.69, 9.17) is 27.6 Å². The fourth-order valence-electron chi connectivity index (χ4n) is 2.95. The van der Waals surface area contributed by atoms with Crippen molar-refractivity contribution >= 4 is 40.9 Å². The summed E-state index contributed by atoms with van der Waals surface area (Å²) in [5.74, 6) is 1.09.